The van der Waals surface area contributed by atoms with Gasteiger partial charge in [-0.15, -0.1) is 0 Å². The van der Waals surface area contributed by atoms with Crippen molar-refractivity contribution in [2.75, 3.05) is 53.5 Å². The Morgan fingerprint density at radius 2 is 1.84 bits per heavy atom. The Kier molecular flexibility index (Phi) is 6.52. The molecule has 2 rings (SSSR count). The van der Waals surface area contributed by atoms with Gasteiger partial charge in [0.05, 0.1) is 0 Å². The lowest BCUT2D eigenvalue weighted by Crippen LogP contribution is -2.61. The molecule has 0 aliphatic carbocycles. The molecule has 0 aromatic rings. The van der Waals surface area contributed by atoms with Crippen molar-refractivity contribution in [3.8, 4) is 0 Å². The number of carbonyl (C=O) groups is 1. The molecule has 0 unspecified atom stereocenters. The number of hydrogen-bond donors (Lipinski definition) is 2. The number of carbonyl (C=O) groups excluding carboxylic acids is 1. The number of piperidine rings is 1. The molecule has 6 heteroatoms. The summed E-state index contributed by atoms with van der Waals surface area (Å²) in [4.78, 5) is 16.9. The predicted molar refractivity (Wildman–Crippen MR) is 99.6 cm³/mol. The van der Waals surface area contributed by atoms with Crippen LogP contribution in [-0.4, -0.2) is 85.4 Å². The third kappa shape index (κ3) is 5.16. The van der Waals surface area contributed by atoms with E-state index in [9.17, 15) is 9.90 Å². The van der Waals surface area contributed by atoms with Crippen LogP contribution in [-0.2, 0) is 9.53 Å². The standard InChI is InChI=1S/C19H37N3O3/c1-17(2,3)15-22-10-6-7-19(24,16(22)23)14-20-13-18(21(4)5)8-11-25-12-9-18/h20,24H,6-15H2,1-5H3/t19-/m0/s1. The average Bonchev–Trinajstić information content (AvgIpc) is 2.51. The van der Waals surface area contributed by atoms with Gasteiger partial charge in [-0.3, -0.25) is 4.79 Å². The highest BCUT2D eigenvalue weighted by molar-refractivity contribution is 5.86. The highest BCUT2D eigenvalue weighted by Gasteiger charge is 2.43. The second kappa shape index (κ2) is 7.91. The molecule has 1 amide bonds. The molecule has 146 valence electrons. The van der Waals surface area contributed by atoms with Crippen molar-refractivity contribution in [2.24, 2.45) is 5.41 Å². The number of likely N-dealkylation sites (tertiary alicyclic amines) is 1. The minimum absolute atomic E-state index is 0.0391. The average molecular weight is 356 g/mol. The van der Waals surface area contributed by atoms with Crippen molar-refractivity contribution in [2.45, 2.75) is 57.6 Å². The number of nitrogens with zero attached hydrogens (tertiary/aromatic N) is 2. The normalized spacial score (nSPS) is 27.8. The van der Waals surface area contributed by atoms with Crippen molar-refractivity contribution in [1.29, 1.82) is 0 Å². The number of amides is 1. The molecular formula is C19H37N3O3. The van der Waals surface area contributed by atoms with Gasteiger partial charge in [0, 0.05) is 44.9 Å². The van der Waals surface area contributed by atoms with Crippen LogP contribution in [0.1, 0.15) is 46.5 Å². The molecule has 2 N–H and O–H groups in total. The van der Waals surface area contributed by atoms with Gasteiger partial charge < -0.3 is 25.0 Å². The molecule has 25 heavy (non-hydrogen) atoms. The van der Waals surface area contributed by atoms with Crippen LogP contribution >= 0.6 is 0 Å². The maximum atomic E-state index is 12.8. The molecule has 2 aliphatic rings. The predicted octanol–water partition coefficient (Wildman–Crippen LogP) is 1.09. The molecule has 0 spiro atoms. The van der Waals surface area contributed by atoms with Gasteiger partial charge in [0.1, 0.15) is 0 Å². The van der Waals surface area contributed by atoms with Crippen molar-refractivity contribution in [1.82, 2.24) is 15.1 Å². The number of likely N-dealkylation sites (N-methyl/N-ethyl adjacent to an activating group) is 1. The van der Waals surface area contributed by atoms with E-state index >= 15 is 0 Å². The Hall–Kier alpha value is -0.690. The van der Waals surface area contributed by atoms with Crippen LogP contribution in [0.5, 0.6) is 0 Å². The minimum atomic E-state index is -1.28. The number of rotatable bonds is 6. The third-order valence-electron chi connectivity index (χ3n) is 5.61. The Morgan fingerprint density at radius 3 is 2.40 bits per heavy atom. The SMILES string of the molecule is CN(C)C1(CNC[C@@]2(O)CCCN(CC(C)(C)C)C2=O)CCOCC1. The number of aliphatic hydroxyl groups is 1. The first kappa shape index (κ1) is 20.6. The number of nitrogens with one attached hydrogen (secondary N) is 1. The molecule has 2 heterocycles. The second-order valence-electron chi connectivity index (χ2n) is 9.26. The van der Waals surface area contributed by atoms with Gasteiger partial charge in [0.2, 0.25) is 0 Å². The van der Waals surface area contributed by atoms with Crippen molar-refractivity contribution in [3.05, 3.63) is 0 Å². The maximum absolute atomic E-state index is 12.8. The van der Waals surface area contributed by atoms with Gasteiger partial charge in [-0.25, -0.2) is 0 Å². The zero-order valence-corrected chi connectivity index (χ0v) is 16.7. The lowest BCUT2D eigenvalue weighted by molar-refractivity contribution is -0.158. The van der Waals surface area contributed by atoms with E-state index in [1.807, 2.05) is 4.90 Å². The van der Waals surface area contributed by atoms with Gasteiger partial charge in [-0.2, -0.15) is 0 Å². The Labute approximate surface area is 152 Å². The van der Waals surface area contributed by atoms with Crippen LogP contribution in [0.2, 0.25) is 0 Å². The van der Waals surface area contributed by atoms with Crippen molar-refractivity contribution >= 4 is 5.91 Å². The van der Waals surface area contributed by atoms with Gasteiger partial charge >= 0.3 is 0 Å². The molecular weight excluding hydrogens is 318 g/mol. The first-order valence-electron chi connectivity index (χ1n) is 9.56. The van der Waals surface area contributed by atoms with E-state index in [2.05, 4.69) is 45.1 Å². The topological polar surface area (TPSA) is 65.0 Å². The largest absolute Gasteiger partial charge is 0.381 e. The van der Waals surface area contributed by atoms with E-state index < -0.39 is 5.60 Å². The smallest absolute Gasteiger partial charge is 0.255 e. The van der Waals surface area contributed by atoms with Crippen LogP contribution in [0.4, 0.5) is 0 Å². The number of hydrogen-bond acceptors (Lipinski definition) is 5. The minimum Gasteiger partial charge on any atom is -0.381 e. The highest BCUT2D eigenvalue weighted by atomic mass is 16.5. The summed E-state index contributed by atoms with van der Waals surface area (Å²) in [5.41, 5.74) is -1.20. The molecule has 0 aromatic carbocycles. The Balaban J connectivity index is 1.95. The fraction of sp³-hybridized carbons (Fsp3) is 0.947. The summed E-state index contributed by atoms with van der Waals surface area (Å²) in [6.07, 6.45) is 3.33. The monoisotopic (exact) mass is 355 g/mol. The van der Waals surface area contributed by atoms with Gasteiger partial charge in [0.25, 0.3) is 5.91 Å². The Morgan fingerprint density at radius 1 is 1.20 bits per heavy atom. The highest BCUT2D eigenvalue weighted by Crippen LogP contribution is 2.28. The molecule has 6 nitrogen and oxygen atoms in total. The van der Waals surface area contributed by atoms with E-state index in [0.717, 1.165) is 45.6 Å². The van der Waals surface area contributed by atoms with Crippen LogP contribution in [0.25, 0.3) is 0 Å². The molecule has 0 bridgehead atoms. The summed E-state index contributed by atoms with van der Waals surface area (Å²) in [6, 6.07) is 0. The molecule has 0 radical (unpaired) electrons. The maximum Gasteiger partial charge on any atom is 0.255 e. The van der Waals surface area contributed by atoms with E-state index in [-0.39, 0.29) is 16.9 Å². The molecule has 1 atom stereocenters. The Bertz CT molecular complexity index is 455. The van der Waals surface area contributed by atoms with Crippen LogP contribution in [0, 0.1) is 5.41 Å². The summed E-state index contributed by atoms with van der Waals surface area (Å²) in [7, 11) is 4.19. The molecule has 2 saturated heterocycles. The molecule has 2 aliphatic heterocycles. The van der Waals surface area contributed by atoms with Crippen LogP contribution in [0.15, 0.2) is 0 Å². The number of ether oxygens (including phenoxy) is 1. The van der Waals surface area contributed by atoms with Gasteiger partial charge in [-0.1, -0.05) is 20.8 Å². The van der Waals surface area contributed by atoms with E-state index in [0.29, 0.717) is 19.5 Å². The fourth-order valence-corrected chi connectivity index (χ4v) is 3.99. The van der Waals surface area contributed by atoms with Crippen molar-refractivity contribution in [3.63, 3.8) is 0 Å². The zero-order valence-electron chi connectivity index (χ0n) is 16.7. The van der Waals surface area contributed by atoms with E-state index in [1.165, 1.54) is 0 Å². The lowest BCUT2D eigenvalue weighted by Gasteiger charge is -2.44. The van der Waals surface area contributed by atoms with Gasteiger partial charge in [-0.05, 0) is 45.2 Å². The first-order valence-corrected chi connectivity index (χ1v) is 9.56. The fourth-order valence-electron chi connectivity index (χ4n) is 3.99. The molecule has 2 fully saturated rings. The van der Waals surface area contributed by atoms with Gasteiger partial charge in [0.15, 0.2) is 5.60 Å². The second-order valence-corrected chi connectivity index (χ2v) is 9.26. The van der Waals surface area contributed by atoms with E-state index in [1.54, 1.807) is 0 Å². The van der Waals surface area contributed by atoms with Crippen molar-refractivity contribution < 1.29 is 14.6 Å². The van der Waals surface area contributed by atoms with Crippen LogP contribution in [0.3, 0.4) is 0 Å². The molecule has 0 saturated carbocycles. The first-order chi connectivity index (χ1) is 11.6. The third-order valence-corrected chi connectivity index (χ3v) is 5.61. The lowest BCUT2D eigenvalue weighted by atomic mass is 9.86. The summed E-state index contributed by atoms with van der Waals surface area (Å²) in [5.74, 6) is -0.118. The quantitative estimate of drug-likeness (QED) is 0.747. The summed E-state index contributed by atoms with van der Waals surface area (Å²) in [6.45, 7) is 10.4. The summed E-state index contributed by atoms with van der Waals surface area (Å²) >= 11 is 0. The van der Waals surface area contributed by atoms with Crippen LogP contribution < -0.4 is 5.32 Å². The summed E-state index contributed by atoms with van der Waals surface area (Å²) < 4.78 is 5.50. The zero-order chi connectivity index (χ0) is 18.7. The van der Waals surface area contributed by atoms with E-state index in [4.69, 9.17) is 4.74 Å². The molecule has 0 aromatic heterocycles. The summed E-state index contributed by atoms with van der Waals surface area (Å²) in [5, 5.41) is 14.4.